The maximum atomic E-state index is 12.5. The Morgan fingerprint density at radius 1 is 1.26 bits per heavy atom. The summed E-state index contributed by atoms with van der Waals surface area (Å²) in [6.07, 6.45) is 2.56. The van der Waals surface area contributed by atoms with Crippen molar-refractivity contribution in [3.8, 4) is 5.75 Å². The standard InChI is InChI=1S/C15H18ClN3O3S/c1-3-8-17-12-5-7-15(18-10-12)19-23(20,21)14-9-11(16)4-6-13(14)22-2/h4-7,9-10,17H,3,8H2,1-2H3,(H,18,19). The van der Waals surface area contributed by atoms with Gasteiger partial charge in [-0.15, -0.1) is 0 Å². The fourth-order valence-corrected chi connectivity index (χ4v) is 3.32. The summed E-state index contributed by atoms with van der Waals surface area (Å²) in [6, 6.07) is 7.75. The van der Waals surface area contributed by atoms with Gasteiger partial charge in [0.15, 0.2) is 0 Å². The summed E-state index contributed by atoms with van der Waals surface area (Å²) in [5.41, 5.74) is 0.829. The normalized spacial score (nSPS) is 11.1. The van der Waals surface area contributed by atoms with E-state index in [0.29, 0.717) is 5.02 Å². The van der Waals surface area contributed by atoms with Gasteiger partial charge in [-0.1, -0.05) is 18.5 Å². The first kappa shape index (κ1) is 17.4. The molecule has 0 bridgehead atoms. The van der Waals surface area contributed by atoms with E-state index in [1.54, 1.807) is 24.4 Å². The fourth-order valence-electron chi connectivity index (χ4n) is 1.88. The zero-order valence-corrected chi connectivity index (χ0v) is 14.4. The highest BCUT2D eigenvalue weighted by atomic mass is 35.5. The van der Waals surface area contributed by atoms with Crippen LogP contribution in [0.15, 0.2) is 41.4 Å². The van der Waals surface area contributed by atoms with Gasteiger partial charge in [-0.25, -0.2) is 13.4 Å². The van der Waals surface area contributed by atoms with E-state index in [1.807, 2.05) is 0 Å². The molecule has 0 aliphatic carbocycles. The highest BCUT2D eigenvalue weighted by Gasteiger charge is 2.20. The van der Waals surface area contributed by atoms with E-state index >= 15 is 0 Å². The number of pyridine rings is 1. The Morgan fingerprint density at radius 2 is 2.04 bits per heavy atom. The van der Waals surface area contributed by atoms with Gasteiger partial charge in [0.05, 0.1) is 19.0 Å². The zero-order valence-electron chi connectivity index (χ0n) is 12.8. The maximum Gasteiger partial charge on any atom is 0.266 e. The van der Waals surface area contributed by atoms with Gasteiger partial charge in [0.2, 0.25) is 0 Å². The molecular formula is C15H18ClN3O3S. The second-order valence-corrected chi connectivity index (χ2v) is 6.85. The number of benzene rings is 1. The van der Waals surface area contributed by atoms with Crippen molar-refractivity contribution >= 4 is 33.1 Å². The number of aromatic nitrogens is 1. The van der Waals surface area contributed by atoms with Gasteiger partial charge < -0.3 is 10.1 Å². The van der Waals surface area contributed by atoms with Crippen LogP contribution in [0.5, 0.6) is 5.75 Å². The molecule has 0 amide bonds. The summed E-state index contributed by atoms with van der Waals surface area (Å²) in [7, 11) is -2.45. The van der Waals surface area contributed by atoms with Crippen LogP contribution >= 0.6 is 11.6 Å². The number of ether oxygens (including phenoxy) is 1. The van der Waals surface area contributed by atoms with E-state index in [1.165, 1.54) is 19.2 Å². The average molecular weight is 356 g/mol. The molecule has 1 aromatic carbocycles. The lowest BCUT2D eigenvalue weighted by Crippen LogP contribution is -2.15. The van der Waals surface area contributed by atoms with Gasteiger partial charge in [0, 0.05) is 11.6 Å². The number of hydrogen-bond acceptors (Lipinski definition) is 5. The second-order valence-electron chi connectivity index (χ2n) is 4.76. The highest BCUT2D eigenvalue weighted by molar-refractivity contribution is 7.92. The number of halogens is 1. The first-order valence-corrected chi connectivity index (χ1v) is 8.88. The Labute approximate surface area is 140 Å². The van der Waals surface area contributed by atoms with E-state index in [-0.39, 0.29) is 16.5 Å². The van der Waals surface area contributed by atoms with Gasteiger partial charge in [-0.2, -0.15) is 0 Å². The van der Waals surface area contributed by atoms with Gasteiger partial charge in [0.1, 0.15) is 16.5 Å². The Bertz CT molecular complexity index is 764. The monoisotopic (exact) mass is 355 g/mol. The lowest BCUT2D eigenvalue weighted by molar-refractivity contribution is 0.403. The number of hydrogen-bond donors (Lipinski definition) is 2. The van der Waals surface area contributed by atoms with Crippen molar-refractivity contribution in [1.82, 2.24) is 4.98 Å². The van der Waals surface area contributed by atoms with Gasteiger partial charge in [0.25, 0.3) is 10.0 Å². The van der Waals surface area contributed by atoms with Crippen LogP contribution in [0.25, 0.3) is 0 Å². The van der Waals surface area contributed by atoms with E-state index < -0.39 is 10.0 Å². The minimum atomic E-state index is -3.85. The SMILES string of the molecule is CCCNc1ccc(NS(=O)(=O)c2cc(Cl)ccc2OC)nc1. The molecule has 2 rings (SSSR count). The van der Waals surface area contributed by atoms with E-state index in [4.69, 9.17) is 16.3 Å². The summed E-state index contributed by atoms with van der Waals surface area (Å²) in [5.74, 6) is 0.428. The summed E-state index contributed by atoms with van der Waals surface area (Å²) < 4.78 is 32.5. The van der Waals surface area contributed by atoms with Gasteiger partial charge >= 0.3 is 0 Å². The third kappa shape index (κ3) is 4.49. The van der Waals surface area contributed by atoms with Crippen LogP contribution in [0.4, 0.5) is 11.5 Å². The van der Waals surface area contributed by atoms with Crippen LogP contribution in [0.3, 0.4) is 0 Å². The molecule has 23 heavy (non-hydrogen) atoms. The quantitative estimate of drug-likeness (QED) is 0.796. The number of nitrogens with zero attached hydrogens (tertiary/aromatic N) is 1. The second kappa shape index (κ2) is 7.52. The Hall–Kier alpha value is -1.99. The molecule has 0 fully saturated rings. The molecular weight excluding hydrogens is 338 g/mol. The molecule has 0 radical (unpaired) electrons. The van der Waals surface area contributed by atoms with E-state index in [2.05, 4.69) is 21.9 Å². The van der Waals surface area contributed by atoms with Crippen molar-refractivity contribution < 1.29 is 13.2 Å². The minimum Gasteiger partial charge on any atom is -0.495 e. The molecule has 0 saturated heterocycles. The van der Waals surface area contributed by atoms with E-state index in [9.17, 15) is 8.42 Å². The molecule has 0 aliphatic heterocycles. The number of anilines is 2. The predicted octanol–water partition coefficient (Wildman–Crippen LogP) is 3.37. The van der Waals surface area contributed by atoms with Crippen molar-refractivity contribution in [3.63, 3.8) is 0 Å². The van der Waals surface area contributed by atoms with Crippen molar-refractivity contribution in [3.05, 3.63) is 41.6 Å². The lowest BCUT2D eigenvalue weighted by Gasteiger charge is -2.12. The first-order chi connectivity index (χ1) is 11.0. The molecule has 1 aromatic heterocycles. The van der Waals surface area contributed by atoms with Crippen molar-refractivity contribution in [1.29, 1.82) is 0 Å². The average Bonchev–Trinajstić information content (AvgIpc) is 2.54. The smallest absolute Gasteiger partial charge is 0.266 e. The molecule has 2 N–H and O–H groups in total. The summed E-state index contributed by atoms with van der Waals surface area (Å²) in [5, 5.41) is 3.47. The Kier molecular flexibility index (Phi) is 5.68. The molecule has 0 unspecified atom stereocenters. The highest BCUT2D eigenvalue weighted by Crippen LogP contribution is 2.28. The zero-order chi connectivity index (χ0) is 16.9. The van der Waals surface area contributed by atoms with Crippen LogP contribution in [0.2, 0.25) is 5.02 Å². The van der Waals surface area contributed by atoms with Gasteiger partial charge in [-0.05, 0) is 36.8 Å². The molecule has 124 valence electrons. The number of nitrogens with one attached hydrogen (secondary N) is 2. The van der Waals surface area contributed by atoms with Crippen molar-refractivity contribution in [2.45, 2.75) is 18.2 Å². The van der Waals surface area contributed by atoms with Crippen LogP contribution in [0.1, 0.15) is 13.3 Å². The van der Waals surface area contributed by atoms with Crippen LogP contribution in [0, 0.1) is 0 Å². The number of methoxy groups -OCH3 is 1. The Morgan fingerprint density at radius 3 is 2.65 bits per heavy atom. The number of rotatable bonds is 7. The number of sulfonamides is 1. The molecule has 8 heteroatoms. The topological polar surface area (TPSA) is 80.3 Å². The molecule has 0 atom stereocenters. The lowest BCUT2D eigenvalue weighted by atomic mass is 10.3. The minimum absolute atomic E-state index is 0.0394. The molecule has 0 spiro atoms. The molecule has 0 saturated carbocycles. The summed E-state index contributed by atoms with van der Waals surface area (Å²) >= 11 is 5.88. The fraction of sp³-hybridized carbons (Fsp3) is 0.267. The van der Waals surface area contributed by atoms with Crippen LogP contribution < -0.4 is 14.8 Å². The van der Waals surface area contributed by atoms with Crippen molar-refractivity contribution in [2.24, 2.45) is 0 Å². The summed E-state index contributed by atoms with van der Waals surface area (Å²) in [6.45, 7) is 2.88. The molecule has 2 aromatic rings. The summed E-state index contributed by atoms with van der Waals surface area (Å²) in [4.78, 5) is 4.05. The first-order valence-electron chi connectivity index (χ1n) is 7.02. The largest absolute Gasteiger partial charge is 0.495 e. The Balaban J connectivity index is 2.23. The van der Waals surface area contributed by atoms with Crippen LogP contribution in [-0.2, 0) is 10.0 Å². The molecule has 6 nitrogen and oxygen atoms in total. The predicted molar refractivity (Wildman–Crippen MR) is 91.8 cm³/mol. The van der Waals surface area contributed by atoms with Crippen molar-refractivity contribution in [2.75, 3.05) is 23.7 Å². The maximum absolute atomic E-state index is 12.5. The van der Waals surface area contributed by atoms with Gasteiger partial charge in [-0.3, -0.25) is 4.72 Å². The third-order valence-electron chi connectivity index (χ3n) is 3.00. The van der Waals surface area contributed by atoms with Crippen LogP contribution in [-0.4, -0.2) is 27.1 Å². The molecule has 0 aliphatic rings. The molecule has 1 heterocycles. The van der Waals surface area contributed by atoms with E-state index in [0.717, 1.165) is 18.7 Å². The third-order valence-corrected chi connectivity index (χ3v) is 4.61.